The standard InChI is InChI=1S/C19H32N2/c1-5-11-20-19(17-10-8-7-9-16(17)6-2)18-15(4)12-14(3)13-21-18/h12-13,16-17,19-20H,5-11H2,1-4H3. The molecule has 1 saturated carbocycles. The molecule has 0 aliphatic heterocycles. The summed E-state index contributed by atoms with van der Waals surface area (Å²) in [6.45, 7) is 10.0. The van der Waals surface area contributed by atoms with E-state index in [1.54, 1.807) is 0 Å². The van der Waals surface area contributed by atoms with Crippen molar-refractivity contribution in [2.45, 2.75) is 72.3 Å². The third-order valence-electron chi connectivity index (χ3n) is 5.08. The Hall–Kier alpha value is -0.890. The molecule has 1 aromatic heterocycles. The molecule has 0 aromatic carbocycles. The maximum absolute atomic E-state index is 4.81. The predicted molar refractivity (Wildman–Crippen MR) is 90.5 cm³/mol. The van der Waals surface area contributed by atoms with Crippen molar-refractivity contribution in [3.8, 4) is 0 Å². The molecule has 0 bridgehead atoms. The number of pyridine rings is 1. The number of aromatic nitrogens is 1. The smallest absolute Gasteiger partial charge is 0.0605 e. The van der Waals surface area contributed by atoms with Crippen LogP contribution in [0.25, 0.3) is 0 Å². The molecule has 2 heteroatoms. The van der Waals surface area contributed by atoms with Gasteiger partial charge in [0.2, 0.25) is 0 Å². The monoisotopic (exact) mass is 288 g/mol. The van der Waals surface area contributed by atoms with Gasteiger partial charge in [0.15, 0.2) is 0 Å². The van der Waals surface area contributed by atoms with Gasteiger partial charge in [0.05, 0.1) is 11.7 Å². The van der Waals surface area contributed by atoms with Gasteiger partial charge in [-0.2, -0.15) is 0 Å². The van der Waals surface area contributed by atoms with E-state index < -0.39 is 0 Å². The number of hydrogen-bond acceptors (Lipinski definition) is 2. The zero-order chi connectivity index (χ0) is 15.2. The predicted octanol–water partition coefficient (Wildman–Crippen LogP) is 4.96. The highest BCUT2D eigenvalue weighted by Gasteiger charge is 2.32. The lowest BCUT2D eigenvalue weighted by molar-refractivity contribution is 0.173. The molecule has 1 fully saturated rings. The quantitative estimate of drug-likeness (QED) is 0.800. The number of nitrogens with one attached hydrogen (secondary N) is 1. The zero-order valence-corrected chi connectivity index (χ0v) is 14.3. The van der Waals surface area contributed by atoms with Crippen LogP contribution in [-0.2, 0) is 0 Å². The van der Waals surface area contributed by atoms with Crippen LogP contribution in [0.3, 0.4) is 0 Å². The highest BCUT2D eigenvalue weighted by molar-refractivity contribution is 5.26. The van der Waals surface area contributed by atoms with Crippen molar-refractivity contribution in [2.75, 3.05) is 6.54 Å². The number of hydrogen-bond donors (Lipinski definition) is 1. The summed E-state index contributed by atoms with van der Waals surface area (Å²) < 4.78 is 0. The maximum Gasteiger partial charge on any atom is 0.0605 e. The molecular weight excluding hydrogens is 256 g/mol. The Kier molecular flexibility index (Phi) is 6.22. The highest BCUT2D eigenvalue weighted by Crippen LogP contribution is 2.40. The van der Waals surface area contributed by atoms with Crippen molar-refractivity contribution in [1.82, 2.24) is 10.3 Å². The van der Waals surface area contributed by atoms with Gasteiger partial charge >= 0.3 is 0 Å². The largest absolute Gasteiger partial charge is 0.308 e. The number of rotatable bonds is 6. The summed E-state index contributed by atoms with van der Waals surface area (Å²) in [6.07, 6.45) is 10.1. The Morgan fingerprint density at radius 3 is 2.67 bits per heavy atom. The molecule has 0 amide bonds. The van der Waals surface area contributed by atoms with E-state index in [4.69, 9.17) is 4.98 Å². The molecule has 0 radical (unpaired) electrons. The summed E-state index contributed by atoms with van der Waals surface area (Å²) in [6, 6.07) is 2.73. The molecule has 0 saturated heterocycles. The molecule has 1 aliphatic rings. The van der Waals surface area contributed by atoms with Gasteiger partial charge in [-0.15, -0.1) is 0 Å². The Morgan fingerprint density at radius 1 is 1.24 bits per heavy atom. The molecule has 118 valence electrons. The van der Waals surface area contributed by atoms with E-state index >= 15 is 0 Å². The third kappa shape index (κ3) is 4.06. The van der Waals surface area contributed by atoms with Gasteiger partial charge in [-0.3, -0.25) is 4.98 Å². The Bertz CT molecular complexity index is 441. The van der Waals surface area contributed by atoms with Gasteiger partial charge < -0.3 is 5.32 Å². The summed E-state index contributed by atoms with van der Waals surface area (Å²) in [5, 5.41) is 3.82. The molecule has 0 spiro atoms. The van der Waals surface area contributed by atoms with Crippen molar-refractivity contribution in [3.63, 3.8) is 0 Å². The van der Waals surface area contributed by atoms with Crippen LogP contribution < -0.4 is 5.32 Å². The van der Waals surface area contributed by atoms with Gasteiger partial charge in [-0.1, -0.05) is 45.6 Å². The number of nitrogens with zero attached hydrogens (tertiary/aromatic N) is 1. The van der Waals surface area contributed by atoms with Crippen molar-refractivity contribution >= 4 is 0 Å². The van der Waals surface area contributed by atoms with Crippen molar-refractivity contribution in [3.05, 3.63) is 29.1 Å². The van der Waals surface area contributed by atoms with Gasteiger partial charge in [-0.25, -0.2) is 0 Å². The van der Waals surface area contributed by atoms with Crippen LogP contribution in [-0.4, -0.2) is 11.5 Å². The van der Waals surface area contributed by atoms with E-state index in [0.29, 0.717) is 6.04 Å². The first-order valence-electron chi connectivity index (χ1n) is 8.83. The van der Waals surface area contributed by atoms with E-state index in [1.807, 2.05) is 6.20 Å². The third-order valence-corrected chi connectivity index (χ3v) is 5.08. The molecule has 1 heterocycles. The van der Waals surface area contributed by atoms with Crippen LogP contribution in [0.4, 0.5) is 0 Å². The van der Waals surface area contributed by atoms with E-state index in [2.05, 4.69) is 39.1 Å². The summed E-state index contributed by atoms with van der Waals surface area (Å²) in [7, 11) is 0. The summed E-state index contributed by atoms with van der Waals surface area (Å²) in [4.78, 5) is 4.81. The lowest BCUT2D eigenvalue weighted by atomic mass is 9.72. The normalized spacial score (nSPS) is 24.0. The van der Waals surface area contributed by atoms with E-state index in [-0.39, 0.29) is 0 Å². The number of aryl methyl sites for hydroxylation is 2. The summed E-state index contributed by atoms with van der Waals surface area (Å²) >= 11 is 0. The van der Waals surface area contributed by atoms with Gasteiger partial charge in [0.1, 0.15) is 0 Å². The molecule has 2 rings (SSSR count). The first-order valence-corrected chi connectivity index (χ1v) is 8.83. The second-order valence-electron chi connectivity index (χ2n) is 6.76. The van der Waals surface area contributed by atoms with Crippen LogP contribution >= 0.6 is 0 Å². The fourth-order valence-electron chi connectivity index (χ4n) is 3.98. The summed E-state index contributed by atoms with van der Waals surface area (Å²) in [5.41, 5.74) is 3.91. The fraction of sp³-hybridized carbons (Fsp3) is 0.737. The molecule has 1 aromatic rings. The molecule has 3 unspecified atom stereocenters. The van der Waals surface area contributed by atoms with Crippen LogP contribution in [0.2, 0.25) is 0 Å². The SMILES string of the molecule is CCCNC(c1ncc(C)cc1C)C1CCCCC1CC. The molecule has 1 N–H and O–H groups in total. The second-order valence-corrected chi connectivity index (χ2v) is 6.76. The van der Waals surface area contributed by atoms with Crippen molar-refractivity contribution in [2.24, 2.45) is 11.8 Å². The first-order chi connectivity index (χ1) is 10.2. The van der Waals surface area contributed by atoms with Crippen molar-refractivity contribution in [1.29, 1.82) is 0 Å². The molecule has 3 atom stereocenters. The average molecular weight is 288 g/mol. The van der Waals surface area contributed by atoms with Crippen LogP contribution in [0.15, 0.2) is 12.3 Å². The lowest BCUT2D eigenvalue weighted by Gasteiger charge is -2.37. The Labute approximate surface area is 130 Å². The molecule has 21 heavy (non-hydrogen) atoms. The Balaban J connectivity index is 2.27. The minimum absolute atomic E-state index is 0.441. The summed E-state index contributed by atoms with van der Waals surface area (Å²) in [5.74, 6) is 1.61. The van der Waals surface area contributed by atoms with Gasteiger partial charge in [0, 0.05) is 6.20 Å². The van der Waals surface area contributed by atoms with E-state index in [0.717, 1.165) is 18.4 Å². The first kappa shape index (κ1) is 16.5. The maximum atomic E-state index is 4.81. The second kappa shape index (κ2) is 7.93. The van der Waals surface area contributed by atoms with Crippen LogP contribution in [0, 0.1) is 25.7 Å². The minimum Gasteiger partial charge on any atom is -0.308 e. The molecular formula is C19H32N2. The minimum atomic E-state index is 0.441. The molecule has 2 nitrogen and oxygen atoms in total. The van der Waals surface area contributed by atoms with E-state index in [9.17, 15) is 0 Å². The van der Waals surface area contributed by atoms with Gasteiger partial charge in [-0.05, 0) is 56.2 Å². The topological polar surface area (TPSA) is 24.9 Å². The highest BCUT2D eigenvalue weighted by atomic mass is 14.9. The van der Waals surface area contributed by atoms with Crippen molar-refractivity contribution < 1.29 is 0 Å². The Morgan fingerprint density at radius 2 is 2.00 bits per heavy atom. The lowest BCUT2D eigenvalue weighted by Crippen LogP contribution is -2.36. The molecule has 1 aliphatic carbocycles. The zero-order valence-electron chi connectivity index (χ0n) is 14.3. The van der Waals surface area contributed by atoms with Crippen LogP contribution in [0.1, 0.15) is 75.2 Å². The van der Waals surface area contributed by atoms with E-state index in [1.165, 1.54) is 55.3 Å². The fourth-order valence-corrected chi connectivity index (χ4v) is 3.98. The average Bonchev–Trinajstić information content (AvgIpc) is 2.49. The van der Waals surface area contributed by atoms with Gasteiger partial charge in [0.25, 0.3) is 0 Å². The van der Waals surface area contributed by atoms with Crippen LogP contribution in [0.5, 0.6) is 0 Å².